The number of carbonyl (C=O) groups excluding carboxylic acids is 2. The van der Waals surface area contributed by atoms with E-state index in [1.54, 1.807) is 0 Å². The second kappa shape index (κ2) is 6.04. The Balaban J connectivity index is 2.36. The van der Waals surface area contributed by atoms with E-state index in [1.165, 1.54) is 7.11 Å². The Bertz CT molecular complexity index is 533. The topological polar surface area (TPSA) is 43.4 Å². The van der Waals surface area contributed by atoms with Gasteiger partial charge in [0, 0.05) is 5.56 Å². The first-order valence-corrected chi connectivity index (χ1v) is 6.98. The van der Waals surface area contributed by atoms with Crippen LogP contribution in [0.4, 0.5) is 0 Å². The fourth-order valence-corrected chi connectivity index (χ4v) is 2.96. The smallest absolute Gasteiger partial charge is 0.319 e. The molecule has 0 N–H and O–H groups in total. The standard InChI is InChI=1S/C17H20O3/c1-3-4-7-11-17(16(19)20-2)12-10-13-8-5-6-9-14(13)15(17)18/h3,5-6,8-9H,1,4,7,10-12H2,2H3. The van der Waals surface area contributed by atoms with Crippen molar-refractivity contribution < 1.29 is 14.3 Å². The molecule has 20 heavy (non-hydrogen) atoms. The Morgan fingerprint density at radius 1 is 1.45 bits per heavy atom. The van der Waals surface area contributed by atoms with E-state index in [0.29, 0.717) is 18.4 Å². The molecule has 0 fully saturated rings. The van der Waals surface area contributed by atoms with Crippen molar-refractivity contribution in [1.29, 1.82) is 0 Å². The second-order valence-corrected chi connectivity index (χ2v) is 5.24. The Kier molecular flexibility index (Phi) is 4.38. The molecule has 1 aliphatic carbocycles. The number of ether oxygens (including phenoxy) is 1. The Labute approximate surface area is 119 Å². The molecule has 2 rings (SSSR count). The molecule has 1 aromatic carbocycles. The van der Waals surface area contributed by atoms with Crippen LogP contribution in [0, 0.1) is 5.41 Å². The van der Waals surface area contributed by atoms with Gasteiger partial charge in [-0.2, -0.15) is 0 Å². The highest BCUT2D eigenvalue weighted by Crippen LogP contribution is 2.40. The molecule has 0 saturated heterocycles. The van der Waals surface area contributed by atoms with Crippen molar-refractivity contribution in [1.82, 2.24) is 0 Å². The Morgan fingerprint density at radius 3 is 2.90 bits per heavy atom. The summed E-state index contributed by atoms with van der Waals surface area (Å²) in [6.07, 6.45) is 5.18. The molecule has 1 atom stereocenters. The lowest BCUT2D eigenvalue weighted by atomic mass is 9.68. The third-order valence-corrected chi connectivity index (χ3v) is 4.11. The molecule has 1 aliphatic rings. The number of rotatable bonds is 5. The van der Waals surface area contributed by atoms with E-state index in [0.717, 1.165) is 24.8 Å². The third kappa shape index (κ3) is 2.40. The highest BCUT2D eigenvalue weighted by atomic mass is 16.5. The summed E-state index contributed by atoms with van der Waals surface area (Å²) in [6.45, 7) is 3.68. The van der Waals surface area contributed by atoms with E-state index in [1.807, 2.05) is 30.3 Å². The number of Topliss-reactive ketones (excluding diaryl/α,β-unsaturated/α-hetero) is 1. The number of unbranched alkanes of at least 4 members (excludes halogenated alkanes) is 1. The van der Waals surface area contributed by atoms with Crippen molar-refractivity contribution in [2.75, 3.05) is 7.11 Å². The minimum Gasteiger partial charge on any atom is -0.468 e. The molecule has 0 aliphatic heterocycles. The SMILES string of the molecule is C=CCCCC1(C(=O)OC)CCc2ccccc2C1=O. The summed E-state index contributed by atoms with van der Waals surface area (Å²) in [5, 5.41) is 0. The van der Waals surface area contributed by atoms with Gasteiger partial charge in [-0.15, -0.1) is 6.58 Å². The van der Waals surface area contributed by atoms with E-state index in [-0.39, 0.29) is 5.78 Å². The maximum absolute atomic E-state index is 12.8. The van der Waals surface area contributed by atoms with Crippen LogP contribution < -0.4 is 0 Å². The number of hydrogen-bond donors (Lipinski definition) is 0. The predicted octanol–water partition coefficient (Wildman–Crippen LogP) is 3.33. The van der Waals surface area contributed by atoms with E-state index in [9.17, 15) is 9.59 Å². The zero-order valence-corrected chi connectivity index (χ0v) is 11.9. The van der Waals surface area contributed by atoms with Crippen molar-refractivity contribution >= 4 is 11.8 Å². The number of methoxy groups -OCH3 is 1. The van der Waals surface area contributed by atoms with Crippen LogP contribution >= 0.6 is 0 Å². The van der Waals surface area contributed by atoms with Gasteiger partial charge in [0.25, 0.3) is 0 Å². The molecule has 0 aromatic heterocycles. The van der Waals surface area contributed by atoms with Crippen LogP contribution in [0.1, 0.15) is 41.6 Å². The first-order valence-electron chi connectivity index (χ1n) is 6.98. The molecule has 0 saturated carbocycles. The van der Waals surface area contributed by atoms with E-state index in [2.05, 4.69) is 6.58 Å². The van der Waals surface area contributed by atoms with Gasteiger partial charge in [0.1, 0.15) is 5.41 Å². The normalized spacial score (nSPS) is 21.1. The molecule has 0 heterocycles. The quantitative estimate of drug-likeness (QED) is 0.357. The van der Waals surface area contributed by atoms with Crippen LogP contribution in [0.25, 0.3) is 0 Å². The van der Waals surface area contributed by atoms with E-state index in [4.69, 9.17) is 4.74 Å². The number of hydrogen-bond acceptors (Lipinski definition) is 3. The lowest BCUT2D eigenvalue weighted by Gasteiger charge is -2.34. The van der Waals surface area contributed by atoms with Gasteiger partial charge in [0.05, 0.1) is 7.11 Å². The van der Waals surface area contributed by atoms with Crippen LogP contribution in [-0.2, 0) is 16.0 Å². The molecule has 0 radical (unpaired) electrons. The average Bonchev–Trinajstić information content (AvgIpc) is 2.49. The van der Waals surface area contributed by atoms with Crippen molar-refractivity contribution in [2.45, 2.75) is 32.1 Å². The molecule has 0 amide bonds. The first kappa shape index (κ1) is 14.5. The zero-order chi connectivity index (χ0) is 14.6. The molecule has 1 aromatic rings. The Hall–Kier alpha value is -1.90. The van der Waals surface area contributed by atoms with E-state index < -0.39 is 11.4 Å². The number of aryl methyl sites for hydroxylation is 1. The van der Waals surface area contributed by atoms with Crippen LogP contribution in [0.3, 0.4) is 0 Å². The average molecular weight is 272 g/mol. The summed E-state index contributed by atoms with van der Waals surface area (Å²) in [5.41, 5.74) is 0.690. The van der Waals surface area contributed by atoms with Gasteiger partial charge < -0.3 is 4.74 Å². The van der Waals surface area contributed by atoms with Crippen molar-refractivity contribution in [3.63, 3.8) is 0 Å². The number of benzene rings is 1. The maximum Gasteiger partial charge on any atom is 0.319 e. The minimum absolute atomic E-state index is 0.0877. The van der Waals surface area contributed by atoms with Gasteiger partial charge in [0.15, 0.2) is 5.78 Å². The van der Waals surface area contributed by atoms with Crippen LogP contribution in [0.15, 0.2) is 36.9 Å². The fourth-order valence-electron chi connectivity index (χ4n) is 2.96. The largest absolute Gasteiger partial charge is 0.468 e. The second-order valence-electron chi connectivity index (χ2n) is 5.24. The van der Waals surface area contributed by atoms with E-state index >= 15 is 0 Å². The van der Waals surface area contributed by atoms with Gasteiger partial charge in [-0.1, -0.05) is 30.3 Å². The summed E-state index contributed by atoms with van der Waals surface area (Å²) in [5.74, 6) is -0.490. The number of allylic oxidation sites excluding steroid dienone is 1. The van der Waals surface area contributed by atoms with Gasteiger partial charge in [-0.05, 0) is 37.7 Å². The van der Waals surface area contributed by atoms with Crippen molar-refractivity contribution in [2.24, 2.45) is 5.41 Å². The minimum atomic E-state index is -1.01. The summed E-state index contributed by atoms with van der Waals surface area (Å²) in [4.78, 5) is 25.0. The fraction of sp³-hybridized carbons (Fsp3) is 0.412. The van der Waals surface area contributed by atoms with Crippen molar-refractivity contribution in [3.05, 3.63) is 48.0 Å². The summed E-state index contributed by atoms with van der Waals surface area (Å²) in [7, 11) is 1.35. The first-order chi connectivity index (χ1) is 9.65. The molecule has 0 spiro atoms. The molecule has 0 bridgehead atoms. The van der Waals surface area contributed by atoms with Crippen LogP contribution in [0.2, 0.25) is 0 Å². The van der Waals surface area contributed by atoms with Crippen LogP contribution in [0.5, 0.6) is 0 Å². The summed E-state index contributed by atoms with van der Waals surface area (Å²) < 4.78 is 4.92. The van der Waals surface area contributed by atoms with Crippen molar-refractivity contribution in [3.8, 4) is 0 Å². The summed E-state index contributed by atoms with van der Waals surface area (Å²) >= 11 is 0. The van der Waals surface area contributed by atoms with Gasteiger partial charge in [0.2, 0.25) is 0 Å². The lowest BCUT2D eigenvalue weighted by molar-refractivity contribution is -0.150. The molecular weight excluding hydrogens is 252 g/mol. The molecule has 3 heteroatoms. The number of ketones is 1. The number of esters is 1. The maximum atomic E-state index is 12.8. The third-order valence-electron chi connectivity index (χ3n) is 4.11. The summed E-state index contributed by atoms with van der Waals surface area (Å²) in [6, 6.07) is 7.53. The zero-order valence-electron chi connectivity index (χ0n) is 11.9. The predicted molar refractivity (Wildman–Crippen MR) is 77.6 cm³/mol. The number of carbonyl (C=O) groups is 2. The van der Waals surface area contributed by atoms with Crippen LogP contribution in [-0.4, -0.2) is 18.9 Å². The van der Waals surface area contributed by atoms with Gasteiger partial charge in [-0.25, -0.2) is 0 Å². The molecule has 106 valence electrons. The highest BCUT2D eigenvalue weighted by molar-refractivity contribution is 6.14. The monoisotopic (exact) mass is 272 g/mol. The number of fused-ring (bicyclic) bond motifs is 1. The van der Waals surface area contributed by atoms with Gasteiger partial charge in [-0.3, -0.25) is 9.59 Å². The Morgan fingerprint density at radius 2 is 2.20 bits per heavy atom. The molecule has 1 unspecified atom stereocenters. The highest BCUT2D eigenvalue weighted by Gasteiger charge is 2.48. The molecule has 3 nitrogen and oxygen atoms in total. The lowest BCUT2D eigenvalue weighted by Crippen LogP contribution is -2.43. The molecular formula is C17H20O3. The van der Waals surface area contributed by atoms with Gasteiger partial charge >= 0.3 is 5.97 Å².